The predicted molar refractivity (Wildman–Crippen MR) is 56.9 cm³/mol. The first-order chi connectivity index (χ1) is 7.29. The smallest absolute Gasteiger partial charge is 0.389 e. The van der Waals surface area contributed by atoms with Crippen molar-refractivity contribution < 1.29 is 17.6 Å². The van der Waals surface area contributed by atoms with Crippen molar-refractivity contribution in [3.8, 4) is 0 Å². The Morgan fingerprint density at radius 1 is 1.31 bits per heavy atom. The number of anilines is 1. The molecule has 0 radical (unpaired) electrons. The van der Waals surface area contributed by atoms with E-state index in [1.165, 1.54) is 12.1 Å². The minimum atomic E-state index is -4.16. The van der Waals surface area contributed by atoms with Gasteiger partial charge in [-0.15, -0.1) is 11.8 Å². The van der Waals surface area contributed by atoms with Crippen molar-refractivity contribution in [2.75, 3.05) is 11.5 Å². The van der Waals surface area contributed by atoms with Gasteiger partial charge in [-0.3, -0.25) is 0 Å². The summed E-state index contributed by atoms with van der Waals surface area (Å²) in [6, 6.07) is 2.59. The summed E-state index contributed by atoms with van der Waals surface area (Å²) in [6.07, 6.45) is -5.03. The van der Waals surface area contributed by atoms with E-state index in [-0.39, 0.29) is 11.4 Å². The Labute approximate surface area is 95.0 Å². The zero-order valence-electron chi connectivity index (χ0n) is 8.57. The largest absolute Gasteiger partial charge is 0.396 e. The average molecular weight is 253 g/mol. The van der Waals surface area contributed by atoms with Crippen molar-refractivity contribution in [3.05, 3.63) is 23.5 Å². The van der Waals surface area contributed by atoms with Crippen LogP contribution in [0.2, 0.25) is 0 Å². The number of nitrogen functional groups attached to an aromatic ring is 1. The van der Waals surface area contributed by atoms with Gasteiger partial charge in [0.25, 0.3) is 0 Å². The van der Waals surface area contributed by atoms with Crippen molar-refractivity contribution in [2.45, 2.75) is 24.4 Å². The average Bonchev–Trinajstić information content (AvgIpc) is 2.11. The molecule has 0 aliphatic heterocycles. The van der Waals surface area contributed by atoms with Crippen LogP contribution in [-0.2, 0) is 0 Å². The molecule has 90 valence electrons. The molecular weight excluding hydrogens is 242 g/mol. The second-order valence-corrected chi connectivity index (χ2v) is 4.49. The van der Waals surface area contributed by atoms with Crippen LogP contribution in [0.5, 0.6) is 0 Å². The number of thioether (sulfide) groups is 1. The van der Waals surface area contributed by atoms with Gasteiger partial charge in [0, 0.05) is 10.6 Å². The first-order valence-corrected chi connectivity index (χ1v) is 5.53. The summed E-state index contributed by atoms with van der Waals surface area (Å²) in [7, 11) is 0. The number of benzene rings is 1. The molecular formula is C10H11F4NS. The van der Waals surface area contributed by atoms with Crippen LogP contribution in [0.4, 0.5) is 23.2 Å². The minimum absolute atomic E-state index is 0.0416. The van der Waals surface area contributed by atoms with Crippen LogP contribution in [0, 0.1) is 12.7 Å². The van der Waals surface area contributed by atoms with Crippen LogP contribution >= 0.6 is 11.8 Å². The highest BCUT2D eigenvalue weighted by molar-refractivity contribution is 7.99. The Balaban J connectivity index is 2.64. The number of aryl methyl sites for hydroxylation is 1. The first-order valence-electron chi connectivity index (χ1n) is 4.55. The number of halogens is 4. The fourth-order valence-electron chi connectivity index (χ4n) is 1.10. The van der Waals surface area contributed by atoms with Gasteiger partial charge < -0.3 is 5.73 Å². The molecule has 1 aromatic rings. The lowest BCUT2D eigenvalue weighted by Crippen LogP contribution is -2.08. The monoisotopic (exact) mass is 253 g/mol. The van der Waals surface area contributed by atoms with E-state index in [9.17, 15) is 17.6 Å². The minimum Gasteiger partial charge on any atom is -0.396 e. The maximum Gasteiger partial charge on any atom is 0.389 e. The molecule has 0 spiro atoms. The third-order valence-electron chi connectivity index (χ3n) is 1.94. The lowest BCUT2D eigenvalue weighted by atomic mass is 10.2. The van der Waals surface area contributed by atoms with Crippen molar-refractivity contribution in [1.82, 2.24) is 0 Å². The zero-order valence-corrected chi connectivity index (χ0v) is 9.38. The van der Waals surface area contributed by atoms with E-state index in [1.54, 1.807) is 6.92 Å². The standard InChI is InChI=1S/C10H11F4NS/c1-6-4-7(11)8(15)5-9(6)16-3-2-10(12,13)14/h4-5H,2-3,15H2,1H3. The summed E-state index contributed by atoms with van der Waals surface area (Å²) in [6.45, 7) is 1.64. The van der Waals surface area contributed by atoms with E-state index in [0.717, 1.165) is 11.8 Å². The summed E-state index contributed by atoms with van der Waals surface area (Å²) in [5.74, 6) is -0.632. The number of alkyl halides is 3. The molecule has 1 aromatic carbocycles. The van der Waals surface area contributed by atoms with Crippen molar-refractivity contribution in [1.29, 1.82) is 0 Å². The van der Waals surface area contributed by atoms with Gasteiger partial charge in [0.2, 0.25) is 0 Å². The van der Waals surface area contributed by atoms with E-state index in [2.05, 4.69) is 0 Å². The molecule has 0 fully saturated rings. The van der Waals surface area contributed by atoms with Gasteiger partial charge in [0.1, 0.15) is 5.82 Å². The summed E-state index contributed by atoms with van der Waals surface area (Å²) < 4.78 is 48.7. The normalized spacial score (nSPS) is 11.8. The number of hydrogen-bond donors (Lipinski definition) is 1. The maximum atomic E-state index is 13.0. The van der Waals surface area contributed by atoms with Crippen LogP contribution in [0.1, 0.15) is 12.0 Å². The van der Waals surface area contributed by atoms with Crippen LogP contribution in [0.3, 0.4) is 0 Å². The third-order valence-corrected chi connectivity index (χ3v) is 3.10. The summed E-state index contributed by atoms with van der Waals surface area (Å²) >= 11 is 1.03. The summed E-state index contributed by atoms with van der Waals surface area (Å²) in [5, 5.41) is 0. The molecule has 0 unspecified atom stereocenters. The lowest BCUT2D eigenvalue weighted by Gasteiger charge is -2.09. The number of hydrogen-bond acceptors (Lipinski definition) is 2. The second kappa shape index (κ2) is 4.95. The number of nitrogens with two attached hydrogens (primary N) is 1. The van der Waals surface area contributed by atoms with Gasteiger partial charge >= 0.3 is 6.18 Å². The van der Waals surface area contributed by atoms with Gasteiger partial charge in [-0.1, -0.05) is 0 Å². The van der Waals surface area contributed by atoms with Crippen LogP contribution in [-0.4, -0.2) is 11.9 Å². The van der Waals surface area contributed by atoms with E-state index >= 15 is 0 Å². The van der Waals surface area contributed by atoms with Crippen LogP contribution < -0.4 is 5.73 Å². The second-order valence-electron chi connectivity index (χ2n) is 3.35. The molecule has 1 nitrogen and oxygen atoms in total. The molecule has 6 heteroatoms. The third kappa shape index (κ3) is 3.92. The highest BCUT2D eigenvalue weighted by Crippen LogP contribution is 2.30. The van der Waals surface area contributed by atoms with Crippen molar-refractivity contribution in [3.63, 3.8) is 0 Å². The van der Waals surface area contributed by atoms with Crippen LogP contribution in [0.25, 0.3) is 0 Å². The molecule has 2 N–H and O–H groups in total. The molecule has 0 aliphatic rings. The molecule has 1 rings (SSSR count). The Bertz CT molecular complexity index is 376. The molecule has 0 saturated carbocycles. The Hall–Kier alpha value is -0.910. The molecule has 16 heavy (non-hydrogen) atoms. The molecule has 0 aliphatic carbocycles. The Morgan fingerprint density at radius 2 is 1.94 bits per heavy atom. The molecule has 0 bridgehead atoms. The maximum absolute atomic E-state index is 13.0. The van der Waals surface area contributed by atoms with Gasteiger partial charge in [0.05, 0.1) is 12.1 Å². The number of rotatable bonds is 3. The molecule has 0 heterocycles. The summed E-state index contributed by atoms with van der Waals surface area (Å²) in [5.41, 5.74) is 5.89. The molecule has 0 saturated heterocycles. The van der Waals surface area contributed by atoms with Crippen molar-refractivity contribution in [2.24, 2.45) is 0 Å². The lowest BCUT2D eigenvalue weighted by molar-refractivity contribution is -0.129. The van der Waals surface area contributed by atoms with E-state index in [4.69, 9.17) is 5.73 Å². The Kier molecular flexibility index (Phi) is 4.07. The van der Waals surface area contributed by atoms with Gasteiger partial charge in [-0.2, -0.15) is 13.2 Å². The quantitative estimate of drug-likeness (QED) is 0.504. The van der Waals surface area contributed by atoms with Crippen molar-refractivity contribution >= 4 is 17.4 Å². The first kappa shape index (κ1) is 13.2. The fourth-order valence-corrected chi connectivity index (χ4v) is 2.15. The molecule has 0 aromatic heterocycles. The van der Waals surface area contributed by atoms with Gasteiger partial charge in [-0.05, 0) is 24.6 Å². The highest BCUT2D eigenvalue weighted by atomic mass is 32.2. The van der Waals surface area contributed by atoms with Gasteiger partial charge in [-0.25, -0.2) is 4.39 Å². The van der Waals surface area contributed by atoms with Crippen LogP contribution in [0.15, 0.2) is 17.0 Å². The molecule has 0 atom stereocenters. The van der Waals surface area contributed by atoms with Gasteiger partial charge in [0.15, 0.2) is 0 Å². The van der Waals surface area contributed by atoms with E-state index in [1.807, 2.05) is 0 Å². The SMILES string of the molecule is Cc1cc(F)c(N)cc1SCCC(F)(F)F. The topological polar surface area (TPSA) is 26.0 Å². The predicted octanol–water partition coefficient (Wildman–Crippen LogP) is 3.76. The van der Waals surface area contributed by atoms with E-state index in [0.29, 0.717) is 10.5 Å². The summed E-state index contributed by atoms with van der Waals surface area (Å²) in [4.78, 5) is 0.586. The highest BCUT2D eigenvalue weighted by Gasteiger charge is 2.26. The van der Waals surface area contributed by atoms with E-state index < -0.39 is 18.4 Å². The molecule has 0 amide bonds. The fraction of sp³-hybridized carbons (Fsp3) is 0.400. The Morgan fingerprint density at radius 3 is 2.50 bits per heavy atom. The zero-order chi connectivity index (χ0) is 12.3.